The van der Waals surface area contributed by atoms with Crippen LogP contribution in [0.25, 0.3) is 0 Å². The molecule has 0 spiro atoms. The van der Waals surface area contributed by atoms with Gasteiger partial charge in [-0.1, -0.05) is 35.3 Å². The molecule has 31 heavy (non-hydrogen) atoms. The van der Waals surface area contributed by atoms with Crippen molar-refractivity contribution in [2.75, 3.05) is 6.54 Å². The summed E-state index contributed by atoms with van der Waals surface area (Å²) in [7, 11) is 0. The number of benzene rings is 2. The van der Waals surface area contributed by atoms with Gasteiger partial charge in [-0.25, -0.2) is 9.37 Å². The third-order valence-corrected chi connectivity index (χ3v) is 5.55. The van der Waals surface area contributed by atoms with E-state index < -0.39 is 5.82 Å². The maximum Gasteiger partial charge on any atom is 0.269 e. The van der Waals surface area contributed by atoms with Crippen molar-refractivity contribution < 1.29 is 13.9 Å². The third-order valence-electron chi connectivity index (χ3n) is 5.08. The Hall–Kier alpha value is -2.63. The summed E-state index contributed by atoms with van der Waals surface area (Å²) >= 11 is 12.0. The van der Waals surface area contributed by atoms with Gasteiger partial charge in [0.15, 0.2) is 0 Å². The minimum atomic E-state index is -0.422. The van der Waals surface area contributed by atoms with Gasteiger partial charge in [0.2, 0.25) is 0 Å². The Morgan fingerprint density at radius 2 is 1.84 bits per heavy atom. The van der Waals surface area contributed by atoms with E-state index in [2.05, 4.69) is 10.3 Å². The molecule has 1 fully saturated rings. The Labute approximate surface area is 190 Å². The van der Waals surface area contributed by atoms with E-state index in [1.807, 2.05) is 12.1 Å². The SMILES string of the molecule is O=C(NCC1CC1)c1cccc(Cc2cc(Cl)ccc2OCc2ccc(Cl)cc2F)n1. The summed E-state index contributed by atoms with van der Waals surface area (Å²) in [6.07, 6.45) is 2.76. The van der Waals surface area contributed by atoms with Gasteiger partial charge in [-0.05, 0) is 61.2 Å². The first kappa shape index (κ1) is 21.6. The number of ether oxygens (including phenoxy) is 1. The molecule has 3 aromatic rings. The van der Waals surface area contributed by atoms with E-state index in [1.54, 1.807) is 36.4 Å². The zero-order valence-corrected chi connectivity index (χ0v) is 18.2. The Kier molecular flexibility index (Phi) is 6.73. The summed E-state index contributed by atoms with van der Waals surface area (Å²) in [5.74, 6) is 0.581. The number of nitrogens with zero attached hydrogens (tertiary/aromatic N) is 1. The highest BCUT2D eigenvalue weighted by atomic mass is 35.5. The molecule has 1 aromatic heterocycles. The van der Waals surface area contributed by atoms with Gasteiger partial charge < -0.3 is 10.1 Å². The van der Waals surface area contributed by atoms with E-state index >= 15 is 0 Å². The quantitative estimate of drug-likeness (QED) is 0.461. The fraction of sp³-hybridized carbons (Fsp3) is 0.250. The Bertz CT molecular complexity index is 1100. The first-order valence-electron chi connectivity index (χ1n) is 10.1. The average molecular weight is 459 g/mol. The van der Waals surface area contributed by atoms with E-state index in [4.69, 9.17) is 27.9 Å². The maximum absolute atomic E-state index is 14.1. The first-order valence-corrected chi connectivity index (χ1v) is 10.8. The molecule has 1 amide bonds. The molecule has 2 aromatic carbocycles. The van der Waals surface area contributed by atoms with Crippen molar-refractivity contribution >= 4 is 29.1 Å². The lowest BCUT2D eigenvalue weighted by atomic mass is 10.1. The van der Waals surface area contributed by atoms with E-state index in [0.717, 1.165) is 5.56 Å². The lowest BCUT2D eigenvalue weighted by Crippen LogP contribution is -2.26. The number of hydrogen-bond acceptors (Lipinski definition) is 3. The molecular formula is C24H21Cl2FN2O2. The number of halogens is 3. The largest absolute Gasteiger partial charge is 0.489 e. The van der Waals surface area contributed by atoms with Crippen molar-refractivity contribution in [3.05, 3.63) is 93.0 Å². The second-order valence-corrected chi connectivity index (χ2v) is 8.49. The Morgan fingerprint density at radius 1 is 1.06 bits per heavy atom. The van der Waals surface area contributed by atoms with Crippen LogP contribution in [-0.4, -0.2) is 17.4 Å². The van der Waals surface area contributed by atoms with Crippen molar-refractivity contribution in [3.63, 3.8) is 0 Å². The molecule has 1 N–H and O–H groups in total. The monoisotopic (exact) mass is 458 g/mol. The summed E-state index contributed by atoms with van der Waals surface area (Å²) in [6, 6.07) is 15.1. The fourth-order valence-electron chi connectivity index (χ4n) is 3.17. The van der Waals surface area contributed by atoms with Crippen LogP contribution < -0.4 is 10.1 Å². The number of pyridine rings is 1. The number of rotatable bonds is 8. The van der Waals surface area contributed by atoms with Crippen LogP contribution in [-0.2, 0) is 13.0 Å². The zero-order chi connectivity index (χ0) is 21.8. The smallest absolute Gasteiger partial charge is 0.269 e. The highest BCUT2D eigenvalue weighted by Gasteiger charge is 2.22. The van der Waals surface area contributed by atoms with Gasteiger partial charge in [0.05, 0.1) is 0 Å². The van der Waals surface area contributed by atoms with Crippen molar-refractivity contribution in [1.82, 2.24) is 10.3 Å². The molecular weight excluding hydrogens is 438 g/mol. The second-order valence-electron chi connectivity index (χ2n) is 7.62. The number of nitrogens with one attached hydrogen (secondary N) is 1. The van der Waals surface area contributed by atoms with Crippen LogP contribution in [0.2, 0.25) is 10.0 Å². The van der Waals surface area contributed by atoms with Crippen molar-refractivity contribution in [3.8, 4) is 5.75 Å². The Morgan fingerprint density at radius 3 is 2.61 bits per heavy atom. The standard InChI is InChI=1S/C24H21Cl2FN2O2/c25-18-8-9-23(31-14-16-6-7-19(26)12-21(16)27)17(10-18)11-20-2-1-3-22(29-20)24(30)28-13-15-4-5-15/h1-3,6-10,12,15H,4-5,11,13-14H2,(H,28,30). The molecule has 0 atom stereocenters. The van der Waals surface area contributed by atoms with Crippen LogP contribution in [0.3, 0.4) is 0 Å². The van der Waals surface area contributed by atoms with Crippen LogP contribution >= 0.6 is 23.2 Å². The number of carbonyl (C=O) groups is 1. The molecule has 1 saturated carbocycles. The summed E-state index contributed by atoms with van der Waals surface area (Å²) in [4.78, 5) is 16.8. The van der Waals surface area contributed by atoms with Crippen LogP contribution in [0.4, 0.5) is 4.39 Å². The predicted octanol–water partition coefficient (Wildman–Crippen LogP) is 5.84. The van der Waals surface area contributed by atoms with Gasteiger partial charge in [-0.3, -0.25) is 4.79 Å². The molecule has 0 unspecified atom stereocenters. The highest BCUT2D eigenvalue weighted by Crippen LogP contribution is 2.28. The zero-order valence-electron chi connectivity index (χ0n) is 16.7. The number of amides is 1. The summed E-state index contributed by atoms with van der Waals surface area (Å²) in [6.45, 7) is 0.743. The number of aromatic nitrogens is 1. The van der Waals surface area contributed by atoms with E-state index in [9.17, 15) is 9.18 Å². The average Bonchev–Trinajstić information content (AvgIpc) is 3.57. The normalized spacial score (nSPS) is 13.1. The van der Waals surface area contributed by atoms with Crippen LogP contribution in [0.5, 0.6) is 5.75 Å². The molecule has 160 valence electrons. The number of hydrogen-bond donors (Lipinski definition) is 1. The van der Waals surface area contributed by atoms with Crippen molar-refractivity contribution in [2.24, 2.45) is 5.92 Å². The highest BCUT2D eigenvalue weighted by molar-refractivity contribution is 6.30. The lowest BCUT2D eigenvalue weighted by molar-refractivity contribution is 0.0946. The molecule has 4 rings (SSSR count). The summed E-state index contributed by atoms with van der Waals surface area (Å²) in [5.41, 5.74) is 2.29. The van der Waals surface area contributed by atoms with E-state index in [0.29, 0.717) is 51.6 Å². The molecule has 1 aliphatic rings. The molecule has 4 nitrogen and oxygen atoms in total. The molecule has 7 heteroatoms. The molecule has 0 aliphatic heterocycles. The van der Waals surface area contributed by atoms with Crippen molar-refractivity contribution in [2.45, 2.75) is 25.9 Å². The third kappa shape index (κ3) is 5.96. The summed E-state index contributed by atoms with van der Waals surface area (Å²) in [5, 5.41) is 3.82. The minimum absolute atomic E-state index is 0.0503. The van der Waals surface area contributed by atoms with Crippen molar-refractivity contribution in [1.29, 1.82) is 0 Å². The van der Waals surface area contributed by atoms with Crippen LogP contribution in [0.1, 0.15) is 40.2 Å². The minimum Gasteiger partial charge on any atom is -0.489 e. The van der Waals surface area contributed by atoms with Gasteiger partial charge in [0, 0.05) is 39.8 Å². The van der Waals surface area contributed by atoms with E-state index in [1.165, 1.54) is 18.9 Å². The topological polar surface area (TPSA) is 51.2 Å². The van der Waals surface area contributed by atoms with Gasteiger partial charge in [0.25, 0.3) is 5.91 Å². The van der Waals surface area contributed by atoms with Gasteiger partial charge in [0.1, 0.15) is 23.9 Å². The lowest BCUT2D eigenvalue weighted by Gasteiger charge is -2.13. The van der Waals surface area contributed by atoms with Gasteiger partial charge in [-0.15, -0.1) is 0 Å². The van der Waals surface area contributed by atoms with Crippen LogP contribution in [0, 0.1) is 11.7 Å². The number of carbonyl (C=O) groups excluding carboxylic acids is 1. The fourth-order valence-corrected chi connectivity index (χ4v) is 3.52. The van der Waals surface area contributed by atoms with E-state index in [-0.39, 0.29) is 12.5 Å². The summed E-state index contributed by atoms with van der Waals surface area (Å²) < 4.78 is 19.9. The first-order chi connectivity index (χ1) is 15.0. The van der Waals surface area contributed by atoms with Gasteiger partial charge >= 0.3 is 0 Å². The molecule has 1 aliphatic carbocycles. The molecule has 0 saturated heterocycles. The molecule has 0 radical (unpaired) electrons. The predicted molar refractivity (Wildman–Crippen MR) is 119 cm³/mol. The second kappa shape index (κ2) is 9.67. The van der Waals surface area contributed by atoms with Crippen LogP contribution in [0.15, 0.2) is 54.6 Å². The maximum atomic E-state index is 14.1. The molecule has 0 bridgehead atoms. The Balaban J connectivity index is 1.48. The van der Waals surface area contributed by atoms with Gasteiger partial charge in [-0.2, -0.15) is 0 Å². The molecule has 1 heterocycles.